The first-order chi connectivity index (χ1) is 10.2. The summed E-state index contributed by atoms with van der Waals surface area (Å²) in [5.74, 6) is -0.167. The Labute approximate surface area is 136 Å². The van der Waals surface area contributed by atoms with Crippen molar-refractivity contribution in [2.75, 3.05) is 23.7 Å². The Balaban J connectivity index is 2.37. The Bertz CT molecular complexity index is 669. The predicted octanol–water partition coefficient (Wildman–Crippen LogP) is 2.43. The molecule has 122 valence electrons. The van der Waals surface area contributed by atoms with Crippen molar-refractivity contribution in [3.63, 3.8) is 0 Å². The lowest BCUT2D eigenvalue weighted by atomic mass is 10.2. The molecular weight excluding hydrogens is 324 g/mol. The van der Waals surface area contributed by atoms with Crippen LogP contribution in [-0.4, -0.2) is 44.6 Å². The largest absolute Gasteiger partial charge is 0.341 e. The third kappa shape index (κ3) is 3.55. The fourth-order valence-corrected chi connectivity index (χ4v) is 4.06. The molecule has 0 N–H and O–H groups in total. The van der Waals surface area contributed by atoms with Crippen LogP contribution in [0.2, 0.25) is 5.02 Å². The molecule has 1 fully saturated rings. The van der Waals surface area contributed by atoms with Gasteiger partial charge in [0.05, 0.1) is 11.9 Å². The van der Waals surface area contributed by atoms with Crippen LogP contribution in [0.4, 0.5) is 5.69 Å². The van der Waals surface area contributed by atoms with E-state index in [0.29, 0.717) is 23.8 Å². The first-order valence-electron chi connectivity index (χ1n) is 7.26. The zero-order chi connectivity index (χ0) is 16.5. The van der Waals surface area contributed by atoms with Gasteiger partial charge in [0.25, 0.3) is 0 Å². The lowest BCUT2D eigenvalue weighted by molar-refractivity contribution is -0.130. The summed E-state index contributed by atoms with van der Waals surface area (Å²) in [6.45, 7) is 4.84. The van der Waals surface area contributed by atoms with E-state index in [0.717, 1.165) is 29.0 Å². The van der Waals surface area contributed by atoms with Gasteiger partial charge in [0, 0.05) is 18.1 Å². The summed E-state index contributed by atoms with van der Waals surface area (Å²) in [5, 5.41) is 0.479. The third-order valence-corrected chi connectivity index (χ3v) is 5.54. The smallest absolute Gasteiger partial charge is 0.246 e. The summed E-state index contributed by atoms with van der Waals surface area (Å²) in [6, 6.07) is 4.23. The lowest BCUT2D eigenvalue weighted by Gasteiger charge is -2.31. The molecule has 1 aromatic carbocycles. The Hall–Kier alpha value is -1.27. The zero-order valence-corrected chi connectivity index (χ0v) is 14.6. The highest BCUT2D eigenvalue weighted by atomic mass is 35.5. The summed E-state index contributed by atoms with van der Waals surface area (Å²) >= 11 is 6.10. The maximum Gasteiger partial charge on any atom is 0.246 e. The van der Waals surface area contributed by atoms with Crippen LogP contribution in [0.3, 0.4) is 0 Å². The van der Waals surface area contributed by atoms with Crippen LogP contribution in [-0.2, 0) is 14.8 Å². The first-order valence-corrected chi connectivity index (χ1v) is 9.49. The van der Waals surface area contributed by atoms with E-state index in [4.69, 9.17) is 11.6 Å². The Kier molecular flexibility index (Phi) is 5.02. The zero-order valence-electron chi connectivity index (χ0n) is 13.0. The van der Waals surface area contributed by atoms with E-state index in [1.807, 2.05) is 6.92 Å². The van der Waals surface area contributed by atoms with Gasteiger partial charge in [0.1, 0.15) is 6.04 Å². The normalized spacial score (nSPS) is 16.6. The van der Waals surface area contributed by atoms with Gasteiger partial charge in [0.2, 0.25) is 15.9 Å². The molecule has 1 aliphatic rings. The first kappa shape index (κ1) is 17.1. The molecule has 0 spiro atoms. The molecule has 0 unspecified atom stereocenters. The molecule has 0 aliphatic carbocycles. The molecule has 1 aliphatic heterocycles. The number of benzene rings is 1. The molecule has 5 nitrogen and oxygen atoms in total. The van der Waals surface area contributed by atoms with E-state index in [1.54, 1.807) is 30.0 Å². The van der Waals surface area contributed by atoms with Crippen LogP contribution in [0.1, 0.15) is 25.3 Å². The van der Waals surface area contributed by atoms with Crippen LogP contribution < -0.4 is 4.31 Å². The second-order valence-electron chi connectivity index (χ2n) is 5.70. The lowest BCUT2D eigenvalue weighted by Crippen LogP contribution is -2.48. The van der Waals surface area contributed by atoms with E-state index in [1.165, 1.54) is 0 Å². The van der Waals surface area contributed by atoms with Crippen molar-refractivity contribution in [1.29, 1.82) is 0 Å². The van der Waals surface area contributed by atoms with Gasteiger partial charge in [-0.25, -0.2) is 8.42 Å². The Morgan fingerprint density at radius 2 is 1.91 bits per heavy atom. The quantitative estimate of drug-likeness (QED) is 0.842. The number of carbonyl (C=O) groups excluding carboxylic acids is 1. The molecule has 22 heavy (non-hydrogen) atoms. The number of nitrogens with zero attached hydrogens (tertiary/aromatic N) is 2. The number of sulfonamides is 1. The van der Waals surface area contributed by atoms with E-state index >= 15 is 0 Å². The van der Waals surface area contributed by atoms with Crippen molar-refractivity contribution in [2.24, 2.45) is 0 Å². The maximum absolute atomic E-state index is 12.5. The standard InChI is InChI=1S/C15H21ClN2O3S/c1-11-6-7-13(10-14(11)16)18(22(3,20)21)12(2)15(19)17-8-4-5-9-17/h6-7,10,12H,4-5,8-9H2,1-3H3/t12-/m1/s1. The molecular formula is C15H21ClN2O3S. The number of aryl methyl sites for hydroxylation is 1. The van der Waals surface area contributed by atoms with Gasteiger partial charge in [-0.1, -0.05) is 17.7 Å². The van der Waals surface area contributed by atoms with E-state index in [-0.39, 0.29) is 5.91 Å². The van der Waals surface area contributed by atoms with Crippen molar-refractivity contribution in [3.05, 3.63) is 28.8 Å². The van der Waals surface area contributed by atoms with Crippen LogP contribution >= 0.6 is 11.6 Å². The molecule has 0 aromatic heterocycles. The highest BCUT2D eigenvalue weighted by Gasteiger charge is 2.33. The summed E-state index contributed by atoms with van der Waals surface area (Å²) < 4.78 is 25.6. The van der Waals surface area contributed by atoms with E-state index in [2.05, 4.69) is 0 Å². The molecule has 1 aromatic rings. The van der Waals surface area contributed by atoms with Crippen molar-refractivity contribution in [2.45, 2.75) is 32.7 Å². The molecule has 1 saturated heterocycles. The van der Waals surface area contributed by atoms with Crippen molar-refractivity contribution >= 4 is 33.2 Å². The third-order valence-electron chi connectivity index (χ3n) is 3.89. The second kappa shape index (κ2) is 6.46. The minimum Gasteiger partial charge on any atom is -0.341 e. The fraction of sp³-hybridized carbons (Fsp3) is 0.533. The number of hydrogen-bond donors (Lipinski definition) is 0. The Morgan fingerprint density at radius 3 is 2.41 bits per heavy atom. The minimum atomic E-state index is -3.59. The highest BCUT2D eigenvalue weighted by molar-refractivity contribution is 7.92. The number of amides is 1. The van der Waals surface area contributed by atoms with Crippen molar-refractivity contribution < 1.29 is 13.2 Å². The molecule has 0 radical (unpaired) electrons. The molecule has 1 amide bonds. The number of likely N-dealkylation sites (tertiary alicyclic amines) is 1. The number of hydrogen-bond acceptors (Lipinski definition) is 3. The van der Waals surface area contributed by atoms with Crippen LogP contribution in [0.5, 0.6) is 0 Å². The van der Waals surface area contributed by atoms with Crippen molar-refractivity contribution in [1.82, 2.24) is 4.90 Å². The number of rotatable bonds is 4. The van der Waals surface area contributed by atoms with Crippen LogP contribution in [0.25, 0.3) is 0 Å². The number of anilines is 1. The molecule has 7 heteroatoms. The SMILES string of the molecule is Cc1ccc(N([C@H](C)C(=O)N2CCCC2)S(C)(=O)=O)cc1Cl. The fourth-order valence-electron chi connectivity index (χ4n) is 2.72. The summed E-state index contributed by atoms with van der Waals surface area (Å²) in [5.41, 5.74) is 1.27. The summed E-state index contributed by atoms with van der Waals surface area (Å²) in [4.78, 5) is 14.3. The monoisotopic (exact) mass is 344 g/mol. The molecule has 0 saturated carbocycles. The highest BCUT2D eigenvalue weighted by Crippen LogP contribution is 2.27. The summed E-state index contributed by atoms with van der Waals surface area (Å²) in [7, 11) is -3.59. The number of halogens is 1. The van der Waals surface area contributed by atoms with Gasteiger partial charge in [-0.15, -0.1) is 0 Å². The van der Waals surface area contributed by atoms with E-state index < -0.39 is 16.1 Å². The summed E-state index contributed by atoms with van der Waals surface area (Å²) in [6.07, 6.45) is 3.04. The molecule has 0 bridgehead atoms. The molecule has 1 atom stereocenters. The predicted molar refractivity (Wildman–Crippen MR) is 88.8 cm³/mol. The number of carbonyl (C=O) groups is 1. The topological polar surface area (TPSA) is 57.7 Å². The van der Waals surface area contributed by atoms with Gasteiger partial charge in [-0.05, 0) is 44.4 Å². The van der Waals surface area contributed by atoms with Gasteiger partial charge in [0.15, 0.2) is 0 Å². The van der Waals surface area contributed by atoms with Gasteiger partial charge in [-0.2, -0.15) is 0 Å². The van der Waals surface area contributed by atoms with Gasteiger partial charge >= 0.3 is 0 Å². The van der Waals surface area contributed by atoms with Gasteiger partial charge in [-0.3, -0.25) is 9.10 Å². The molecule has 2 rings (SSSR count). The van der Waals surface area contributed by atoms with Crippen LogP contribution in [0, 0.1) is 6.92 Å². The Morgan fingerprint density at radius 1 is 1.32 bits per heavy atom. The molecule has 1 heterocycles. The average Bonchev–Trinajstić information content (AvgIpc) is 2.94. The van der Waals surface area contributed by atoms with Crippen LogP contribution in [0.15, 0.2) is 18.2 Å². The second-order valence-corrected chi connectivity index (χ2v) is 7.97. The minimum absolute atomic E-state index is 0.167. The maximum atomic E-state index is 12.5. The van der Waals surface area contributed by atoms with Gasteiger partial charge < -0.3 is 4.90 Å². The average molecular weight is 345 g/mol. The van der Waals surface area contributed by atoms with Crippen molar-refractivity contribution in [3.8, 4) is 0 Å². The van der Waals surface area contributed by atoms with E-state index in [9.17, 15) is 13.2 Å².